The van der Waals surface area contributed by atoms with E-state index in [0.29, 0.717) is 5.56 Å². The summed E-state index contributed by atoms with van der Waals surface area (Å²) in [5, 5.41) is 17.6. The topological polar surface area (TPSA) is 101 Å². The van der Waals surface area contributed by atoms with Crippen molar-refractivity contribution in [2.75, 3.05) is 0 Å². The molecular formula is C11H13NO4. The SMILES string of the molecule is N[C@@](CCC(=O)O)(C(=O)O)c1ccccc1. The molecule has 0 aliphatic heterocycles. The van der Waals surface area contributed by atoms with Crippen LogP contribution in [-0.4, -0.2) is 22.2 Å². The molecule has 0 saturated heterocycles. The van der Waals surface area contributed by atoms with E-state index in [2.05, 4.69) is 0 Å². The Balaban J connectivity index is 2.98. The molecule has 0 aliphatic carbocycles. The molecule has 1 rings (SSSR count). The van der Waals surface area contributed by atoms with Crippen LogP contribution >= 0.6 is 0 Å². The number of rotatable bonds is 5. The van der Waals surface area contributed by atoms with Gasteiger partial charge in [0.05, 0.1) is 0 Å². The molecule has 0 fully saturated rings. The van der Waals surface area contributed by atoms with E-state index < -0.39 is 17.5 Å². The fourth-order valence-corrected chi connectivity index (χ4v) is 1.41. The van der Waals surface area contributed by atoms with Crippen LogP contribution in [0.3, 0.4) is 0 Å². The van der Waals surface area contributed by atoms with Gasteiger partial charge < -0.3 is 15.9 Å². The van der Waals surface area contributed by atoms with Crippen LogP contribution in [0.2, 0.25) is 0 Å². The highest BCUT2D eigenvalue weighted by Crippen LogP contribution is 2.23. The van der Waals surface area contributed by atoms with Gasteiger partial charge in [0.15, 0.2) is 0 Å². The fraction of sp³-hybridized carbons (Fsp3) is 0.273. The van der Waals surface area contributed by atoms with Crippen LogP contribution in [0.1, 0.15) is 18.4 Å². The smallest absolute Gasteiger partial charge is 0.328 e. The zero-order chi connectivity index (χ0) is 12.2. The van der Waals surface area contributed by atoms with Gasteiger partial charge in [-0.15, -0.1) is 0 Å². The van der Waals surface area contributed by atoms with Crippen molar-refractivity contribution < 1.29 is 19.8 Å². The number of nitrogens with two attached hydrogens (primary N) is 1. The van der Waals surface area contributed by atoms with E-state index in [1.54, 1.807) is 30.3 Å². The second kappa shape index (κ2) is 4.76. The largest absolute Gasteiger partial charge is 0.481 e. The van der Waals surface area contributed by atoms with Gasteiger partial charge in [-0.2, -0.15) is 0 Å². The van der Waals surface area contributed by atoms with E-state index in [9.17, 15) is 9.59 Å². The Bertz CT molecular complexity index is 390. The summed E-state index contributed by atoms with van der Waals surface area (Å²) < 4.78 is 0. The molecule has 1 aromatic carbocycles. The number of hydrogen-bond donors (Lipinski definition) is 3. The zero-order valence-electron chi connectivity index (χ0n) is 8.59. The van der Waals surface area contributed by atoms with Gasteiger partial charge in [0.1, 0.15) is 5.54 Å². The molecule has 0 radical (unpaired) electrons. The third-order valence-corrected chi connectivity index (χ3v) is 2.40. The Labute approximate surface area is 92.5 Å². The third-order valence-electron chi connectivity index (χ3n) is 2.40. The maximum Gasteiger partial charge on any atom is 0.328 e. The summed E-state index contributed by atoms with van der Waals surface area (Å²) in [6.07, 6.45) is -0.417. The van der Waals surface area contributed by atoms with Gasteiger partial charge in [0.25, 0.3) is 0 Å². The molecule has 0 unspecified atom stereocenters. The highest BCUT2D eigenvalue weighted by Gasteiger charge is 2.36. The molecule has 4 N–H and O–H groups in total. The van der Waals surface area contributed by atoms with Gasteiger partial charge in [0, 0.05) is 6.42 Å². The van der Waals surface area contributed by atoms with Crippen molar-refractivity contribution in [2.24, 2.45) is 5.73 Å². The van der Waals surface area contributed by atoms with Gasteiger partial charge in [-0.1, -0.05) is 30.3 Å². The Morgan fingerprint density at radius 3 is 2.19 bits per heavy atom. The molecule has 16 heavy (non-hydrogen) atoms. The maximum atomic E-state index is 11.1. The average molecular weight is 223 g/mol. The summed E-state index contributed by atoms with van der Waals surface area (Å²) in [5.74, 6) is -2.29. The van der Waals surface area contributed by atoms with Crippen molar-refractivity contribution >= 4 is 11.9 Å². The fourth-order valence-electron chi connectivity index (χ4n) is 1.41. The predicted octanol–water partition coefficient (Wildman–Crippen LogP) is 0.790. The Morgan fingerprint density at radius 1 is 1.19 bits per heavy atom. The summed E-state index contributed by atoms with van der Waals surface area (Å²) in [7, 11) is 0. The van der Waals surface area contributed by atoms with Crippen molar-refractivity contribution in [1.29, 1.82) is 0 Å². The molecular weight excluding hydrogens is 210 g/mol. The van der Waals surface area contributed by atoms with Crippen LogP contribution in [-0.2, 0) is 15.1 Å². The van der Waals surface area contributed by atoms with Crippen molar-refractivity contribution in [1.82, 2.24) is 0 Å². The van der Waals surface area contributed by atoms with E-state index in [-0.39, 0.29) is 12.8 Å². The van der Waals surface area contributed by atoms with Gasteiger partial charge >= 0.3 is 11.9 Å². The normalized spacial score (nSPS) is 14.1. The second-order valence-electron chi connectivity index (χ2n) is 3.54. The lowest BCUT2D eigenvalue weighted by Crippen LogP contribution is -2.45. The lowest BCUT2D eigenvalue weighted by atomic mass is 9.86. The predicted molar refractivity (Wildman–Crippen MR) is 56.8 cm³/mol. The molecule has 0 amide bonds. The van der Waals surface area contributed by atoms with Crippen LogP contribution in [0.25, 0.3) is 0 Å². The number of carboxylic acid groups (broad SMARTS) is 2. The lowest BCUT2D eigenvalue weighted by molar-refractivity contribution is -0.145. The first-order chi connectivity index (χ1) is 7.47. The number of carboxylic acids is 2. The Kier molecular flexibility index (Phi) is 3.63. The van der Waals surface area contributed by atoms with Crippen molar-refractivity contribution in [3.8, 4) is 0 Å². The summed E-state index contributed by atoms with van der Waals surface area (Å²) in [4.78, 5) is 21.6. The molecule has 86 valence electrons. The minimum Gasteiger partial charge on any atom is -0.481 e. The molecule has 1 atom stereocenters. The number of carbonyl (C=O) groups is 2. The van der Waals surface area contributed by atoms with Crippen LogP contribution in [0.15, 0.2) is 30.3 Å². The molecule has 0 aliphatic rings. The van der Waals surface area contributed by atoms with Gasteiger partial charge in [-0.3, -0.25) is 4.79 Å². The van der Waals surface area contributed by atoms with Crippen molar-refractivity contribution in [3.63, 3.8) is 0 Å². The number of benzene rings is 1. The number of aliphatic carboxylic acids is 2. The van der Waals surface area contributed by atoms with Crippen LogP contribution in [0, 0.1) is 0 Å². The first-order valence-electron chi connectivity index (χ1n) is 4.76. The van der Waals surface area contributed by atoms with Gasteiger partial charge in [-0.05, 0) is 12.0 Å². The van der Waals surface area contributed by atoms with Gasteiger partial charge in [0.2, 0.25) is 0 Å². The molecule has 1 aromatic rings. The molecule has 5 nitrogen and oxygen atoms in total. The first-order valence-corrected chi connectivity index (χ1v) is 4.76. The van der Waals surface area contributed by atoms with E-state index in [4.69, 9.17) is 15.9 Å². The Hall–Kier alpha value is -1.88. The summed E-state index contributed by atoms with van der Waals surface area (Å²) in [6, 6.07) is 8.23. The average Bonchev–Trinajstić information content (AvgIpc) is 2.26. The quantitative estimate of drug-likeness (QED) is 0.685. The molecule has 0 saturated carbocycles. The van der Waals surface area contributed by atoms with Crippen molar-refractivity contribution in [3.05, 3.63) is 35.9 Å². The minimum atomic E-state index is -1.64. The maximum absolute atomic E-state index is 11.1. The Morgan fingerprint density at radius 2 is 1.75 bits per heavy atom. The van der Waals surface area contributed by atoms with Crippen LogP contribution in [0.5, 0.6) is 0 Å². The molecule has 0 spiro atoms. The summed E-state index contributed by atoms with van der Waals surface area (Å²) in [5.41, 5.74) is 4.51. The minimum absolute atomic E-state index is 0.137. The van der Waals surface area contributed by atoms with Crippen molar-refractivity contribution in [2.45, 2.75) is 18.4 Å². The summed E-state index contributed by atoms with van der Waals surface area (Å²) in [6.45, 7) is 0. The van der Waals surface area contributed by atoms with E-state index in [0.717, 1.165) is 0 Å². The molecule has 0 heterocycles. The molecule has 5 heteroatoms. The highest BCUT2D eigenvalue weighted by molar-refractivity contribution is 5.81. The molecule has 0 aromatic heterocycles. The van der Waals surface area contributed by atoms with Crippen LogP contribution in [0.4, 0.5) is 0 Å². The number of hydrogen-bond acceptors (Lipinski definition) is 3. The zero-order valence-corrected chi connectivity index (χ0v) is 8.59. The molecule has 0 bridgehead atoms. The van der Waals surface area contributed by atoms with E-state index in [1.165, 1.54) is 0 Å². The van der Waals surface area contributed by atoms with E-state index >= 15 is 0 Å². The monoisotopic (exact) mass is 223 g/mol. The first kappa shape index (κ1) is 12.2. The lowest BCUT2D eigenvalue weighted by Gasteiger charge is -2.24. The van der Waals surface area contributed by atoms with Crippen LogP contribution < -0.4 is 5.73 Å². The summed E-state index contributed by atoms with van der Waals surface area (Å²) >= 11 is 0. The second-order valence-corrected chi connectivity index (χ2v) is 3.54. The standard InChI is InChI=1S/C11H13NO4/c12-11(10(15)16,7-6-9(13)14)8-4-2-1-3-5-8/h1-5H,6-7,12H2,(H,13,14)(H,15,16)/t11-/m1/s1. The highest BCUT2D eigenvalue weighted by atomic mass is 16.4. The third kappa shape index (κ3) is 2.58. The van der Waals surface area contributed by atoms with E-state index in [1.807, 2.05) is 0 Å². The van der Waals surface area contributed by atoms with Gasteiger partial charge in [-0.25, -0.2) is 4.79 Å².